The van der Waals surface area contributed by atoms with E-state index in [2.05, 4.69) is 5.32 Å². The summed E-state index contributed by atoms with van der Waals surface area (Å²) in [5.74, 6) is 0.0734. The maximum atomic E-state index is 11.6. The number of hydrogen-bond donors (Lipinski definition) is 2. The minimum absolute atomic E-state index is 0.0734. The van der Waals surface area contributed by atoms with E-state index in [1.807, 2.05) is 32.0 Å². The summed E-state index contributed by atoms with van der Waals surface area (Å²) in [6.45, 7) is 4.90. The molecule has 1 aromatic carbocycles. The number of nitrogen functional groups attached to an aromatic ring is 1. The molecular weight excluding hydrogens is 202 g/mol. The van der Waals surface area contributed by atoms with Crippen molar-refractivity contribution in [3.8, 4) is 0 Å². The lowest BCUT2D eigenvalue weighted by atomic mass is 10.1. The van der Waals surface area contributed by atoms with Crippen LogP contribution in [0.4, 0.5) is 11.4 Å². The van der Waals surface area contributed by atoms with Crippen molar-refractivity contribution < 1.29 is 4.79 Å². The van der Waals surface area contributed by atoms with Gasteiger partial charge in [0.1, 0.15) is 0 Å². The number of nitrogens with two attached hydrogens (primary N) is 1. The van der Waals surface area contributed by atoms with Gasteiger partial charge in [0.2, 0.25) is 5.91 Å². The molecule has 1 aromatic rings. The Morgan fingerprint density at radius 1 is 1.50 bits per heavy atom. The highest BCUT2D eigenvalue weighted by Gasteiger charge is 2.07. The van der Waals surface area contributed by atoms with Crippen LogP contribution in [0, 0.1) is 6.92 Å². The molecule has 1 rings (SSSR count). The van der Waals surface area contributed by atoms with E-state index in [4.69, 9.17) is 5.73 Å². The van der Waals surface area contributed by atoms with Crippen molar-refractivity contribution in [1.29, 1.82) is 0 Å². The molecule has 0 aliphatic carbocycles. The number of nitrogens with one attached hydrogen (secondary N) is 1. The first kappa shape index (κ1) is 12.4. The molecule has 0 saturated heterocycles. The second-order valence-electron chi connectivity index (χ2n) is 3.78. The van der Waals surface area contributed by atoms with Crippen LogP contribution in [0.3, 0.4) is 0 Å². The Kier molecular flexibility index (Phi) is 4.17. The molecule has 4 heteroatoms. The molecule has 0 heterocycles. The van der Waals surface area contributed by atoms with E-state index in [9.17, 15) is 4.79 Å². The molecule has 0 aliphatic heterocycles. The van der Waals surface area contributed by atoms with Gasteiger partial charge in [-0.25, -0.2) is 0 Å². The van der Waals surface area contributed by atoms with Crippen molar-refractivity contribution in [1.82, 2.24) is 4.90 Å². The Hall–Kier alpha value is -1.71. The molecule has 0 radical (unpaired) electrons. The molecule has 3 N–H and O–H groups in total. The summed E-state index contributed by atoms with van der Waals surface area (Å²) in [6, 6.07) is 5.64. The fourth-order valence-corrected chi connectivity index (χ4v) is 1.33. The maximum absolute atomic E-state index is 11.6. The molecule has 0 bridgehead atoms. The third-order valence-corrected chi connectivity index (χ3v) is 2.71. The quantitative estimate of drug-likeness (QED) is 0.757. The van der Waals surface area contributed by atoms with Crippen LogP contribution in [0.15, 0.2) is 18.2 Å². The zero-order valence-electron chi connectivity index (χ0n) is 10.1. The summed E-state index contributed by atoms with van der Waals surface area (Å²) in [5.41, 5.74) is 8.41. The van der Waals surface area contributed by atoms with E-state index in [0.717, 1.165) is 23.5 Å². The first-order chi connectivity index (χ1) is 7.56. The number of carbonyl (C=O) groups is 1. The monoisotopic (exact) mass is 221 g/mol. The van der Waals surface area contributed by atoms with Gasteiger partial charge in [-0.3, -0.25) is 4.79 Å². The molecule has 0 fully saturated rings. The number of amides is 1. The Bertz CT molecular complexity index is 377. The lowest BCUT2D eigenvalue weighted by Gasteiger charge is -2.16. The van der Waals surface area contributed by atoms with Crippen molar-refractivity contribution >= 4 is 17.3 Å². The summed E-state index contributed by atoms with van der Waals surface area (Å²) < 4.78 is 0. The Labute approximate surface area is 96.4 Å². The van der Waals surface area contributed by atoms with Crippen molar-refractivity contribution in [2.45, 2.75) is 13.8 Å². The predicted octanol–water partition coefficient (Wildman–Crippen LogP) is 1.47. The number of anilines is 2. The van der Waals surface area contributed by atoms with Crippen molar-refractivity contribution in [2.75, 3.05) is 31.2 Å². The first-order valence-electron chi connectivity index (χ1n) is 5.39. The highest BCUT2D eigenvalue weighted by molar-refractivity contribution is 5.81. The van der Waals surface area contributed by atoms with Gasteiger partial charge in [0.05, 0.1) is 6.54 Å². The zero-order valence-corrected chi connectivity index (χ0v) is 10.1. The SMILES string of the molecule is CCN(C)C(=O)CNc1cccc(N)c1C. The van der Waals surface area contributed by atoms with Gasteiger partial charge in [-0.1, -0.05) is 6.07 Å². The van der Waals surface area contributed by atoms with Gasteiger partial charge in [0, 0.05) is 25.0 Å². The van der Waals surface area contributed by atoms with Gasteiger partial charge in [0.15, 0.2) is 0 Å². The van der Waals surface area contributed by atoms with Gasteiger partial charge in [0.25, 0.3) is 0 Å². The average molecular weight is 221 g/mol. The average Bonchev–Trinajstić information content (AvgIpc) is 2.29. The second kappa shape index (κ2) is 5.39. The van der Waals surface area contributed by atoms with Crippen molar-refractivity contribution in [3.63, 3.8) is 0 Å². The minimum Gasteiger partial charge on any atom is -0.398 e. The van der Waals surface area contributed by atoms with E-state index >= 15 is 0 Å². The van der Waals surface area contributed by atoms with Crippen molar-refractivity contribution in [3.05, 3.63) is 23.8 Å². The van der Waals surface area contributed by atoms with Gasteiger partial charge in [-0.15, -0.1) is 0 Å². The standard InChI is InChI=1S/C12H19N3O/c1-4-15(3)12(16)8-14-11-7-5-6-10(13)9(11)2/h5-7,14H,4,8,13H2,1-3H3. The van der Waals surface area contributed by atoms with Crippen LogP contribution in [-0.4, -0.2) is 30.9 Å². The molecule has 16 heavy (non-hydrogen) atoms. The summed E-state index contributed by atoms with van der Waals surface area (Å²) in [4.78, 5) is 13.3. The van der Waals surface area contributed by atoms with Crippen LogP contribution in [0.5, 0.6) is 0 Å². The molecule has 0 aromatic heterocycles. The van der Waals surface area contributed by atoms with Gasteiger partial charge < -0.3 is 16.0 Å². The molecule has 0 aliphatic rings. The van der Waals surface area contributed by atoms with Gasteiger partial charge in [-0.2, -0.15) is 0 Å². The van der Waals surface area contributed by atoms with Crippen molar-refractivity contribution in [2.24, 2.45) is 0 Å². The smallest absolute Gasteiger partial charge is 0.241 e. The Morgan fingerprint density at radius 3 is 2.81 bits per heavy atom. The highest BCUT2D eigenvalue weighted by atomic mass is 16.2. The largest absolute Gasteiger partial charge is 0.398 e. The first-order valence-corrected chi connectivity index (χ1v) is 5.39. The summed E-state index contributed by atoms with van der Waals surface area (Å²) in [6.07, 6.45) is 0. The molecular formula is C12H19N3O. The summed E-state index contributed by atoms with van der Waals surface area (Å²) in [7, 11) is 1.79. The van der Waals surface area contributed by atoms with Crippen LogP contribution in [0.1, 0.15) is 12.5 Å². The van der Waals surface area contributed by atoms with E-state index in [0.29, 0.717) is 6.54 Å². The zero-order chi connectivity index (χ0) is 12.1. The normalized spacial score (nSPS) is 9.94. The predicted molar refractivity (Wildman–Crippen MR) is 67.4 cm³/mol. The molecule has 0 unspecified atom stereocenters. The number of benzene rings is 1. The lowest BCUT2D eigenvalue weighted by molar-refractivity contribution is -0.127. The van der Waals surface area contributed by atoms with E-state index in [1.165, 1.54) is 0 Å². The highest BCUT2D eigenvalue weighted by Crippen LogP contribution is 2.19. The van der Waals surface area contributed by atoms with E-state index < -0.39 is 0 Å². The topological polar surface area (TPSA) is 58.4 Å². The Balaban J connectivity index is 2.61. The lowest BCUT2D eigenvalue weighted by Crippen LogP contribution is -2.32. The van der Waals surface area contributed by atoms with Crippen LogP contribution in [-0.2, 0) is 4.79 Å². The van der Waals surface area contributed by atoms with E-state index in [-0.39, 0.29) is 5.91 Å². The van der Waals surface area contributed by atoms with Crippen LogP contribution in [0.2, 0.25) is 0 Å². The Morgan fingerprint density at radius 2 is 2.19 bits per heavy atom. The number of rotatable bonds is 4. The second-order valence-corrected chi connectivity index (χ2v) is 3.78. The maximum Gasteiger partial charge on any atom is 0.241 e. The minimum atomic E-state index is 0.0734. The third-order valence-electron chi connectivity index (χ3n) is 2.71. The molecule has 0 spiro atoms. The fraction of sp³-hybridized carbons (Fsp3) is 0.417. The van der Waals surface area contributed by atoms with Crippen LogP contribution >= 0.6 is 0 Å². The van der Waals surface area contributed by atoms with Gasteiger partial charge >= 0.3 is 0 Å². The van der Waals surface area contributed by atoms with Gasteiger partial charge in [-0.05, 0) is 31.5 Å². The number of carbonyl (C=O) groups excluding carboxylic acids is 1. The molecule has 0 atom stereocenters. The summed E-state index contributed by atoms with van der Waals surface area (Å²) in [5, 5.41) is 3.10. The fourth-order valence-electron chi connectivity index (χ4n) is 1.33. The summed E-state index contributed by atoms with van der Waals surface area (Å²) >= 11 is 0. The molecule has 4 nitrogen and oxygen atoms in total. The van der Waals surface area contributed by atoms with E-state index in [1.54, 1.807) is 11.9 Å². The molecule has 0 saturated carbocycles. The number of nitrogens with zero attached hydrogens (tertiary/aromatic N) is 1. The molecule has 1 amide bonds. The third kappa shape index (κ3) is 2.89. The van der Waals surface area contributed by atoms with Crippen LogP contribution < -0.4 is 11.1 Å². The number of likely N-dealkylation sites (N-methyl/N-ethyl adjacent to an activating group) is 1. The molecule has 88 valence electrons. The van der Waals surface area contributed by atoms with Crippen LogP contribution in [0.25, 0.3) is 0 Å². The number of hydrogen-bond acceptors (Lipinski definition) is 3.